The lowest BCUT2D eigenvalue weighted by Gasteiger charge is -2.36. The first-order valence-electron chi connectivity index (χ1n) is 16.4. The molecule has 3 aromatic heterocycles. The van der Waals surface area contributed by atoms with Crippen LogP contribution in [0.5, 0.6) is 0 Å². The molecule has 1 aromatic carbocycles. The number of hydrogen-bond acceptors (Lipinski definition) is 7. The normalized spacial score (nSPS) is 20.9. The Morgan fingerprint density at radius 2 is 2.02 bits per heavy atom. The lowest BCUT2D eigenvalue weighted by molar-refractivity contribution is 0.0821. The van der Waals surface area contributed by atoms with E-state index in [1.807, 2.05) is 32.0 Å². The maximum atomic E-state index is 15.6. The Kier molecular flexibility index (Phi) is 9.65. The second-order valence-electron chi connectivity index (χ2n) is 13.1. The molecule has 6 rings (SSSR count). The predicted octanol–water partition coefficient (Wildman–Crippen LogP) is 6.18. The number of aryl methyl sites for hydroxylation is 1. The number of aliphatic hydroxyl groups is 1. The molecular formula is C36H42F2N6O2. The number of likely N-dealkylation sites (tertiary alicyclic amines) is 1. The third-order valence-electron chi connectivity index (χ3n) is 9.89. The van der Waals surface area contributed by atoms with E-state index in [1.54, 1.807) is 30.7 Å². The van der Waals surface area contributed by atoms with Crippen molar-refractivity contribution in [3.63, 3.8) is 0 Å². The highest BCUT2D eigenvalue weighted by Gasteiger charge is 2.38. The number of aromatic nitrogens is 4. The zero-order valence-electron chi connectivity index (χ0n) is 26.6. The summed E-state index contributed by atoms with van der Waals surface area (Å²) in [4.78, 5) is 25.4. The zero-order valence-corrected chi connectivity index (χ0v) is 26.6. The van der Waals surface area contributed by atoms with E-state index in [2.05, 4.69) is 30.4 Å². The van der Waals surface area contributed by atoms with Crippen molar-refractivity contribution < 1.29 is 18.7 Å². The maximum absolute atomic E-state index is 15.6. The first kappa shape index (κ1) is 32.1. The van der Waals surface area contributed by atoms with Gasteiger partial charge in [-0.25, -0.2) is 13.8 Å². The van der Waals surface area contributed by atoms with Crippen molar-refractivity contribution in [2.75, 3.05) is 19.7 Å². The van der Waals surface area contributed by atoms with Gasteiger partial charge in [-0.3, -0.25) is 9.78 Å². The van der Waals surface area contributed by atoms with Gasteiger partial charge < -0.3 is 15.3 Å². The van der Waals surface area contributed by atoms with Gasteiger partial charge in [-0.15, -0.1) is 0 Å². The molecule has 2 N–H and O–H groups in total. The molecule has 0 radical (unpaired) electrons. The summed E-state index contributed by atoms with van der Waals surface area (Å²) in [7, 11) is 0. The van der Waals surface area contributed by atoms with Gasteiger partial charge in [0.05, 0.1) is 24.1 Å². The van der Waals surface area contributed by atoms with Gasteiger partial charge >= 0.3 is 0 Å². The molecule has 0 bridgehead atoms. The molecule has 4 heterocycles. The summed E-state index contributed by atoms with van der Waals surface area (Å²) in [5.74, 6) is -1.12. The summed E-state index contributed by atoms with van der Waals surface area (Å²) in [6, 6.07) is 10.3. The Bertz CT molecular complexity index is 1670. The Hall–Kier alpha value is -3.89. The van der Waals surface area contributed by atoms with Crippen molar-refractivity contribution in [3.8, 4) is 11.3 Å². The van der Waals surface area contributed by atoms with E-state index in [0.29, 0.717) is 30.7 Å². The van der Waals surface area contributed by atoms with E-state index in [9.17, 15) is 9.90 Å². The number of amides is 1. The van der Waals surface area contributed by atoms with E-state index >= 15 is 8.78 Å². The number of aliphatic hydroxyl groups excluding tert-OH is 1. The maximum Gasteiger partial charge on any atom is 0.251 e. The van der Waals surface area contributed by atoms with Gasteiger partial charge in [-0.1, -0.05) is 26.3 Å². The number of alkyl halides is 1. The minimum absolute atomic E-state index is 0.143. The largest absolute Gasteiger partial charge is 0.396 e. The first-order chi connectivity index (χ1) is 22.2. The second-order valence-corrected chi connectivity index (χ2v) is 13.1. The van der Waals surface area contributed by atoms with Crippen LogP contribution in [0.2, 0.25) is 0 Å². The third kappa shape index (κ3) is 6.93. The Morgan fingerprint density at radius 3 is 2.76 bits per heavy atom. The van der Waals surface area contributed by atoms with Crippen LogP contribution in [0, 0.1) is 11.7 Å². The van der Waals surface area contributed by atoms with Crippen molar-refractivity contribution in [2.45, 2.75) is 83.0 Å². The number of benzene rings is 1. The molecule has 4 aromatic rings. The number of fused-ring (bicyclic) bond motifs is 2. The highest BCUT2D eigenvalue weighted by atomic mass is 19.1. The minimum Gasteiger partial charge on any atom is -0.396 e. The van der Waals surface area contributed by atoms with Crippen LogP contribution >= 0.6 is 0 Å². The van der Waals surface area contributed by atoms with Crippen molar-refractivity contribution in [1.29, 1.82) is 0 Å². The molecule has 1 unspecified atom stereocenters. The monoisotopic (exact) mass is 628 g/mol. The molecule has 3 atom stereocenters. The molecule has 242 valence electrons. The van der Waals surface area contributed by atoms with Gasteiger partial charge in [0, 0.05) is 54.0 Å². The molecule has 1 amide bonds. The molecule has 1 fully saturated rings. The summed E-state index contributed by atoms with van der Waals surface area (Å²) < 4.78 is 31.0. The smallest absolute Gasteiger partial charge is 0.251 e. The molecule has 1 saturated heterocycles. The Labute approximate surface area is 268 Å². The van der Waals surface area contributed by atoms with Crippen molar-refractivity contribution in [3.05, 3.63) is 83.2 Å². The second kappa shape index (κ2) is 13.8. The number of carbonyl (C=O) groups is 1. The van der Waals surface area contributed by atoms with Gasteiger partial charge in [-0.05, 0) is 92.4 Å². The lowest BCUT2D eigenvalue weighted by Crippen LogP contribution is -2.42. The fraction of sp³-hybridized carbons (Fsp3) is 0.472. The van der Waals surface area contributed by atoms with Crippen LogP contribution < -0.4 is 5.32 Å². The highest BCUT2D eigenvalue weighted by molar-refractivity contribution is 5.98. The molecule has 10 heteroatoms. The quantitative estimate of drug-likeness (QED) is 0.216. The van der Waals surface area contributed by atoms with Crippen LogP contribution in [0.1, 0.15) is 85.6 Å². The van der Waals surface area contributed by atoms with E-state index in [-0.39, 0.29) is 36.1 Å². The van der Waals surface area contributed by atoms with Gasteiger partial charge in [0.1, 0.15) is 17.0 Å². The molecule has 1 aliphatic heterocycles. The number of piperidine rings is 1. The van der Waals surface area contributed by atoms with Gasteiger partial charge in [0.2, 0.25) is 0 Å². The van der Waals surface area contributed by atoms with Gasteiger partial charge in [0.15, 0.2) is 0 Å². The number of halogens is 2. The van der Waals surface area contributed by atoms with E-state index in [0.717, 1.165) is 66.9 Å². The van der Waals surface area contributed by atoms with Crippen LogP contribution in [-0.4, -0.2) is 67.5 Å². The Balaban J connectivity index is 1.27. The number of rotatable bonds is 10. The molecule has 0 saturated carbocycles. The first-order valence-corrected chi connectivity index (χ1v) is 16.4. The SMILES string of the molecule is CC(C)[C@]1(F)CCc2nc3c(F)cc(C(=O)N[C@H](CCN4CCCCC4CCO)c4ccc(-c5ccnnc5)nc4)cc3cc2C1. The standard InChI is InChI=1S/C36H42F2N6O2/c1-23(2)36(38)12-8-32-28(20-36)18-26-17-27(19-30(37)34(26)42-32)35(46)43-33(10-15-44-14-4-3-5-29(44)11-16-45)24-6-7-31(39-21-24)25-9-13-40-41-22-25/h6-7,9,13,17-19,21-23,29,33,45H,3-5,8,10-12,14-16,20H2,1-2H3,(H,43,46)/t29?,33-,36+/m1/s1. The van der Waals surface area contributed by atoms with Crippen molar-refractivity contribution >= 4 is 16.8 Å². The molecule has 1 aliphatic carbocycles. The number of pyridine rings is 2. The van der Waals surface area contributed by atoms with E-state index in [4.69, 9.17) is 0 Å². The van der Waals surface area contributed by atoms with E-state index in [1.165, 1.54) is 6.07 Å². The fourth-order valence-electron chi connectivity index (χ4n) is 6.96. The van der Waals surface area contributed by atoms with Crippen LogP contribution in [0.3, 0.4) is 0 Å². The fourth-order valence-corrected chi connectivity index (χ4v) is 6.96. The van der Waals surface area contributed by atoms with Crippen LogP contribution in [0.4, 0.5) is 8.78 Å². The Morgan fingerprint density at radius 1 is 1.15 bits per heavy atom. The molecule has 2 aliphatic rings. The minimum atomic E-state index is -1.33. The van der Waals surface area contributed by atoms with Crippen molar-refractivity contribution in [2.24, 2.45) is 5.92 Å². The summed E-state index contributed by atoms with van der Waals surface area (Å²) in [5.41, 5.74) is 2.98. The average molecular weight is 629 g/mol. The van der Waals surface area contributed by atoms with Crippen LogP contribution in [0.15, 0.2) is 55.0 Å². The van der Waals surface area contributed by atoms with Crippen molar-refractivity contribution in [1.82, 2.24) is 30.4 Å². The van der Waals surface area contributed by atoms with Gasteiger partial charge in [-0.2, -0.15) is 10.2 Å². The molecular weight excluding hydrogens is 586 g/mol. The summed E-state index contributed by atoms with van der Waals surface area (Å²) in [5, 5.41) is 21.0. The molecule has 8 nitrogen and oxygen atoms in total. The summed E-state index contributed by atoms with van der Waals surface area (Å²) in [6.45, 7) is 5.59. The predicted molar refractivity (Wildman–Crippen MR) is 173 cm³/mol. The van der Waals surface area contributed by atoms with Crippen LogP contribution in [-0.2, 0) is 12.8 Å². The summed E-state index contributed by atoms with van der Waals surface area (Å²) in [6.07, 6.45) is 10.7. The third-order valence-corrected chi connectivity index (χ3v) is 9.89. The number of carbonyl (C=O) groups excluding carboxylic acids is 1. The summed E-state index contributed by atoms with van der Waals surface area (Å²) >= 11 is 0. The number of hydrogen-bond donors (Lipinski definition) is 2. The zero-order chi connectivity index (χ0) is 32.3. The average Bonchev–Trinajstić information content (AvgIpc) is 3.07. The molecule has 46 heavy (non-hydrogen) atoms. The van der Waals surface area contributed by atoms with E-state index < -0.39 is 17.4 Å². The van der Waals surface area contributed by atoms with Gasteiger partial charge in [0.25, 0.3) is 5.91 Å². The topological polar surface area (TPSA) is 104 Å². The van der Waals surface area contributed by atoms with Crippen LogP contribution in [0.25, 0.3) is 22.2 Å². The highest BCUT2D eigenvalue weighted by Crippen LogP contribution is 2.38. The number of nitrogens with one attached hydrogen (secondary N) is 1. The molecule has 0 spiro atoms. The lowest BCUT2D eigenvalue weighted by atomic mass is 9.77. The number of nitrogens with zero attached hydrogens (tertiary/aromatic N) is 5.